The van der Waals surface area contributed by atoms with Crippen molar-refractivity contribution in [1.29, 1.82) is 0 Å². The van der Waals surface area contributed by atoms with Crippen molar-refractivity contribution in [2.24, 2.45) is 10.7 Å². The molecule has 0 unspecified atom stereocenters. The van der Waals surface area contributed by atoms with Gasteiger partial charge in [-0.25, -0.2) is 0 Å². The Kier molecular flexibility index (Phi) is 19.2. The minimum Gasteiger partial charge on any atom is -0.384 e. The molecule has 5 nitrogen and oxygen atoms in total. The van der Waals surface area contributed by atoms with Gasteiger partial charge in [0.15, 0.2) is 0 Å². The first-order valence-electron chi connectivity index (χ1n) is 12.2. The number of nitro benzene ring substituents is 1. The van der Waals surface area contributed by atoms with Crippen LogP contribution in [-0.2, 0) is 0 Å². The molecule has 6 heteroatoms. The fourth-order valence-corrected chi connectivity index (χ4v) is 3.73. The van der Waals surface area contributed by atoms with Gasteiger partial charge < -0.3 is 5.73 Å². The van der Waals surface area contributed by atoms with E-state index in [2.05, 4.69) is 11.9 Å². The Balaban J connectivity index is 0.00000900. The highest BCUT2D eigenvalue weighted by atomic mass is 35.5. The molecule has 31 heavy (non-hydrogen) atoms. The molecular weight excluding hydrogens is 410 g/mol. The summed E-state index contributed by atoms with van der Waals surface area (Å²) in [6.07, 6.45) is 21.6. The first-order valence-corrected chi connectivity index (χ1v) is 12.2. The van der Waals surface area contributed by atoms with Gasteiger partial charge in [0, 0.05) is 24.2 Å². The first kappa shape index (κ1) is 29.4. The fourth-order valence-electron chi connectivity index (χ4n) is 3.73. The van der Waals surface area contributed by atoms with E-state index in [9.17, 15) is 10.1 Å². The van der Waals surface area contributed by atoms with Gasteiger partial charge in [-0.05, 0) is 6.42 Å². The molecule has 0 aliphatic rings. The van der Waals surface area contributed by atoms with Crippen LogP contribution in [0.1, 0.15) is 115 Å². The summed E-state index contributed by atoms with van der Waals surface area (Å²) in [7, 11) is 0. The van der Waals surface area contributed by atoms with Gasteiger partial charge in [0.25, 0.3) is 5.69 Å². The van der Waals surface area contributed by atoms with E-state index in [1.165, 1.54) is 108 Å². The van der Waals surface area contributed by atoms with Crippen molar-refractivity contribution in [3.8, 4) is 0 Å². The van der Waals surface area contributed by atoms with Crippen LogP contribution >= 0.6 is 12.4 Å². The molecule has 0 radical (unpaired) electrons. The maximum absolute atomic E-state index is 10.8. The van der Waals surface area contributed by atoms with Crippen molar-refractivity contribution in [2.45, 2.75) is 110 Å². The standard InChI is InChI=1S/C25H43N3O2.ClH/c1-2-3-4-5-6-7-8-9-10-11-12-13-14-15-16-17-21-27-25(26)23-19-18-20-24(22-23)28(29)30;/h18-20,22H,2-17,21H2,1H3,(H2,26,27);1H. The molecule has 0 atom stereocenters. The number of nitro groups is 1. The van der Waals surface area contributed by atoms with E-state index >= 15 is 0 Å². The van der Waals surface area contributed by atoms with Crippen LogP contribution in [0.15, 0.2) is 29.3 Å². The molecule has 178 valence electrons. The molecule has 0 aliphatic carbocycles. The van der Waals surface area contributed by atoms with Gasteiger partial charge in [0.1, 0.15) is 5.84 Å². The predicted molar refractivity (Wildman–Crippen MR) is 135 cm³/mol. The van der Waals surface area contributed by atoms with Crippen LogP contribution in [0.3, 0.4) is 0 Å². The molecule has 0 spiro atoms. The minimum atomic E-state index is -0.410. The molecule has 0 amide bonds. The maximum Gasteiger partial charge on any atom is 0.270 e. The summed E-state index contributed by atoms with van der Waals surface area (Å²) in [4.78, 5) is 14.8. The molecular formula is C25H44ClN3O2. The number of halogens is 1. The second-order valence-electron chi connectivity index (χ2n) is 8.38. The Hall–Kier alpha value is -1.62. The minimum absolute atomic E-state index is 0. The summed E-state index contributed by atoms with van der Waals surface area (Å²) >= 11 is 0. The van der Waals surface area contributed by atoms with Crippen LogP contribution in [0.25, 0.3) is 0 Å². The lowest BCUT2D eigenvalue weighted by Gasteiger charge is -2.04. The maximum atomic E-state index is 10.8. The van der Waals surface area contributed by atoms with Gasteiger partial charge in [-0.1, -0.05) is 115 Å². The van der Waals surface area contributed by atoms with Gasteiger partial charge in [-0.3, -0.25) is 15.1 Å². The molecule has 1 aromatic rings. The molecule has 0 aliphatic heterocycles. The number of aliphatic imine (C=N–C) groups is 1. The normalized spacial score (nSPS) is 11.3. The Bertz CT molecular complexity index is 608. The number of benzene rings is 1. The highest BCUT2D eigenvalue weighted by Crippen LogP contribution is 2.14. The first-order chi connectivity index (χ1) is 14.6. The monoisotopic (exact) mass is 453 g/mol. The summed E-state index contributed by atoms with van der Waals surface area (Å²) < 4.78 is 0. The van der Waals surface area contributed by atoms with Crippen LogP contribution in [0.4, 0.5) is 5.69 Å². The van der Waals surface area contributed by atoms with Gasteiger partial charge in [0.05, 0.1) is 4.92 Å². The quantitative estimate of drug-likeness (QED) is 0.0757. The average Bonchev–Trinajstić information content (AvgIpc) is 2.75. The molecule has 2 N–H and O–H groups in total. The van der Waals surface area contributed by atoms with Crippen molar-refractivity contribution < 1.29 is 4.92 Å². The molecule has 0 heterocycles. The molecule has 0 saturated carbocycles. The highest BCUT2D eigenvalue weighted by molar-refractivity contribution is 5.97. The zero-order valence-corrected chi connectivity index (χ0v) is 20.3. The van der Waals surface area contributed by atoms with Crippen molar-refractivity contribution in [1.82, 2.24) is 0 Å². The number of hydrogen-bond acceptors (Lipinski definition) is 3. The van der Waals surface area contributed by atoms with Gasteiger partial charge >= 0.3 is 0 Å². The van der Waals surface area contributed by atoms with E-state index in [-0.39, 0.29) is 18.1 Å². The zero-order chi connectivity index (χ0) is 21.9. The SMILES string of the molecule is CCCCCCCCCCCCCCCCCCN=C(N)c1cccc([N+](=O)[O-])c1.Cl. The number of amidine groups is 1. The second-order valence-corrected chi connectivity index (χ2v) is 8.38. The predicted octanol–water partition coefficient (Wildman–Crippen LogP) is 7.98. The largest absolute Gasteiger partial charge is 0.384 e. The van der Waals surface area contributed by atoms with Crippen LogP contribution < -0.4 is 5.73 Å². The Morgan fingerprint density at radius 3 is 1.74 bits per heavy atom. The third-order valence-electron chi connectivity index (χ3n) is 5.65. The van der Waals surface area contributed by atoms with Gasteiger partial charge in [-0.15, -0.1) is 12.4 Å². The van der Waals surface area contributed by atoms with Crippen molar-refractivity contribution in [3.63, 3.8) is 0 Å². The Labute approximate surface area is 195 Å². The van der Waals surface area contributed by atoms with Crippen molar-refractivity contribution >= 4 is 23.9 Å². The number of rotatable bonds is 19. The third kappa shape index (κ3) is 15.8. The fraction of sp³-hybridized carbons (Fsp3) is 0.720. The smallest absolute Gasteiger partial charge is 0.270 e. The van der Waals surface area contributed by atoms with Crippen molar-refractivity contribution in [2.75, 3.05) is 6.54 Å². The van der Waals surface area contributed by atoms with Crippen molar-refractivity contribution in [3.05, 3.63) is 39.9 Å². The summed E-state index contributed by atoms with van der Waals surface area (Å²) in [5, 5.41) is 10.8. The van der Waals surface area contributed by atoms with E-state index in [0.717, 1.165) is 6.42 Å². The highest BCUT2D eigenvalue weighted by Gasteiger charge is 2.07. The van der Waals surface area contributed by atoms with Crippen LogP contribution in [0, 0.1) is 10.1 Å². The molecule has 0 aromatic heterocycles. The van der Waals surface area contributed by atoms with E-state index < -0.39 is 4.92 Å². The Morgan fingerprint density at radius 2 is 1.29 bits per heavy atom. The summed E-state index contributed by atoms with van der Waals surface area (Å²) in [6, 6.07) is 6.35. The number of nitrogens with two attached hydrogens (primary N) is 1. The number of hydrogen-bond donors (Lipinski definition) is 1. The summed E-state index contributed by atoms with van der Waals surface area (Å²) in [6.45, 7) is 2.96. The molecule has 0 fully saturated rings. The topological polar surface area (TPSA) is 81.5 Å². The molecule has 0 bridgehead atoms. The lowest BCUT2D eigenvalue weighted by Crippen LogP contribution is -2.14. The number of nitrogens with zero attached hydrogens (tertiary/aromatic N) is 2. The number of non-ortho nitro benzene ring substituents is 1. The van der Waals surface area contributed by atoms with Gasteiger partial charge in [0.2, 0.25) is 0 Å². The van der Waals surface area contributed by atoms with E-state index in [1.807, 2.05) is 0 Å². The Morgan fingerprint density at radius 1 is 0.839 bits per heavy atom. The lowest BCUT2D eigenvalue weighted by molar-refractivity contribution is -0.384. The van der Waals surface area contributed by atoms with Crippen LogP contribution in [0.2, 0.25) is 0 Å². The molecule has 1 rings (SSSR count). The molecule has 0 saturated heterocycles. The second kappa shape index (κ2) is 20.3. The van der Waals surface area contributed by atoms with Gasteiger partial charge in [-0.2, -0.15) is 0 Å². The van der Waals surface area contributed by atoms with E-state index in [0.29, 0.717) is 17.9 Å². The van der Waals surface area contributed by atoms with E-state index in [4.69, 9.17) is 5.73 Å². The van der Waals surface area contributed by atoms with Crippen LogP contribution in [0.5, 0.6) is 0 Å². The number of unbranched alkanes of at least 4 members (excludes halogenated alkanes) is 15. The lowest BCUT2D eigenvalue weighted by atomic mass is 10.0. The average molecular weight is 454 g/mol. The summed E-state index contributed by atoms with van der Waals surface area (Å²) in [5.74, 6) is 0.389. The molecule has 1 aromatic carbocycles. The third-order valence-corrected chi connectivity index (χ3v) is 5.65. The van der Waals surface area contributed by atoms with E-state index in [1.54, 1.807) is 12.1 Å². The zero-order valence-electron chi connectivity index (χ0n) is 19.5. The van der Waals surface area contributed by atoms with Crippen LogP contribution in [-0.4, -0.2) is 17.3 Å². The summed E-state index contributed by atoms with van der Waals surface area (Å²) in [5.41, 5.74) is 6.63.